The minimum atomic E-state index is -4.02. The molecule has 0 spiro atoms. The van der Waals surface area contributed by atoms with Crippen LogP contribution in [0.25, 0.3) is 0 Å². The largest absolute Gasteiger partial charge is 0.748 e. The van der Waals surface area contributed by atoms with E-state index in [9.17, 15) is 13.0 Å². The molecule has 0 aliphatic carbocycles. The third-order valence-corrected chi connectivity index (χ3v) is 6.37. The Bertz CT molecular complexity index is 185. The Morgan fingerprint density at radius 2 is 1.90 bits per heavy atom. The lowest BCUT2D eigenvalue weighted by Crippen LogP contribution is -2.32. The molecule has 1 unspecified atom stereocenters. The van der Waals surface area contributed by atoms with E-state index in [-0.39, 0.29) is 0 Å². The zero-order valence-electron chi connectivity index (χ0n) is 6.42. The normalized spacial score (nSPS) is 15.7. The molecule has 61 valence electrons. The van der Waals surface area contributed by atoms with Gasteiger partial charge in [0.25, 0.3) is 0 Å². The highest BCUT2D eigenvalue weighted by molar-refractivity contribution is 7.88. The number of hydrogen-bond donors (Lipinski definition) is 0. The molecule has 0 saturated heterocycles. The first-order chi connectivity index (χ1) is 4.39. The molecule has 0 amide bonds. The molecule has 0 aromatic rings. The zero-order valence-corrected chi connectivity index (χ0v) is 8.23. The standard InChI is InChI=1S/C5H13O3SSi/c1-4-5(10(2)3)9(6,7)8/h5H,4H2,1-3H3,(H,6,7,8)/p-1. The summed E-state index contributed by atoms with van der Waals surface area (Å²) < 4.78 is 31.4. The molecule has 0 saturated carbocycles. The summed E-state index contributed by atoms with van der Waals surface area (Å²) in [7, 11) is -5.00. The van der Waals surface area contributed by atoms with Gasteiger partial charge in [0.2, 0.25) is 0 Å². The van der Waals surface area contributed by atoms with Gasteiger partial charge in [0.1, 0.15) is 0 Å². The molecule has 0 aromatic carbocycles. The van der Waals surface area contributed by atoms with E-state index >= 15 is 0 Å². The highest BCUT2D eigenvalue weighted by atomic mass is 32.2. The van der Waals surface area contributed by atoms with Crippen molar-refractivity contribution in [3.63, 3.8) is 0 Å². The van der Waals surface area contributed by atoms with Gasteiger partial charge in [-0.15, -0.1) is 0 Å². The van der Waals surface area contributed by atoms with Crippen LogP contribution >= 0.6 is 0 Å². The molecular weight excluding hydrogens is 168 g/mol. The Morgan fingerprint density at radius 3 is 1.90 bits per heavy atom. The molecule has 0 heterocycles. The van der Waals surface area contributed by atoms with E-state index in [0.717, 1.165) is 0 Å². The summed E-state index contributed by atoms with van der Waals surface area (Å²) in [6.45, 7) is 5.42. The van der Waals surface area contributed by atoms with Crippen LogP contribution in [-0.2, 0) is 10.1 Å². The lowest BCUT2D eigenvalue weighted by Gasteiger charge is -2.20. The van der Waals surface area contributed by atoms with Crippen molar-refractivity contribution in [1.29, 1.82) is 0 Å². The van der Waals surface area contributed by atoms with Gasteiger partial charge in [0, 0.05) is 4.87 Å². The Labute approximate surface area is 63.8 Å². The second kappa shape index (κ2) is 3.50. The summed E-state index contributed by atoms with van der Waals surface area (Å²) in [6.07, 6.45) is 0.452. The first-order valence-corrected chi connectivity index (χ1v) is 7.19. The third kappa shape index (κ3) is 2.81. The van der Waals surface area contributed by atoms with Crippen LogP contribution in [0.1, 0.15) is 13.3 Å². The second-order valence-electron chi connectivity index (χ2n) is 2.47. The maximum Gasteiger partial charge on any atom is 0.0946 e. The topological polar surface area (TPSA) is 57.2 Å². The average Bonchev–Trinajstić information content (AvgIpc) is 1.60. The molecule has 0 rings (SSSR count). The summed E-state index contributed by atoms with van der Waals surface area (Å²) in [5, 5.41) is 0. The molecule has 1 radical (unpaired) electrons. The van der Waals surface area contributed by atoms with E-state index in [0.29, 0.717) is 6.42 Å². The van der Waals surface area contributed by atoms with Gasteiger partial charge in [0.15, 0.2) is 0 Å². The van der Waals surface area contributed by atoms with Gasteiger partial charge in [-0.25, -0.2) is 8.42 Å². The fourth-order valence-electron chi connectivity index (χ4n) is 0.901. The van der Waals surface area contributed by atoms with Crippen LogP contribution in [0.2, 0.25) is 13.1 Å². The van der Waals surface area contributed by atoms with Crippen LogP contribution in [0.3, 0.4) is 0 Å². The van der Waals surface area contributed by atoms with E-state index in [1.807, 2.05) is 13.1 Å². The maximum absolute atomic E-state index is 10.5. The molecule has 10 heavy (non-hydrogen) atoms. The van der Waals surface area contributed by atoms with Crippen molar-refractivity contribution in [2.45, 2.75) is 31.3 Å². The first kappa shape index (κ1) is 10.1. The van der Waals surface area contributed by atoms with E-state index < -0.39 is 23.8 Å². The summed E-state index contributed by atoms with van der Waals surface area (Å²) in [5.74, 6) is 0. The van der Waals surface area contributed by atoms with Gasteiger partial charge in [-0.3, -0.25) is 0 Å². The van der Waals surface area contributed by atoms with Crippen LogP contribution in [0.5, 0.6) is 0 Å². The van der Waals surface area contributed by atoms with Gasteiger partial charge in [0.05, 0.1) is 18.9 Å². The average molecular weight is 180 g/mol. The fraction of sp³-hybridized carbons (Fsp3) is 1.00. The number of hydrogen-bond acceptors (Lipinski definition) is 3. The first-order valence-electron chi connectivity index (χ1n) is 3.14. The zero-order chi connectivity index (χ0) is 8.36. The smallest absolute Gasteiger partial charge is 0.0946 e. The molecule has 0 aromatic heterocycles. The fourth-order valence-corrected chi connectivity index (χ4v) is 4.44. The molecule has 3 nitrogen and oxygen atoms in total. The lowest BCUT2D eigenvalue weighted by atomic mass is 10.6. The molecule has 1 atom stereocenters. The van der Waals surface area contributed by atoms with Crippen LogP contribution in [0.4, 0.5) is 0 Å². The van der Waals surface area contributed by atoms with Crippen molar-refractivity contribution < 1.29 is 13.0 Å². The Morgan fingerprint density at radius 1 is 1.50 bits per heavy atom. The van der Waals surface area contributed by atoms with E-state index in [1.165, 1.54) is 0 Å². The second-order valence-corrected chi connectivity index (χ2v) is 7.29. The van der Waals surface area contributed by atoms with Crippen LogP contribution < -0.4 is 0 Å². The third-order valence-electron chi connectivity index (χ3n) is 1.36. The van der Waals surface area contributed by atoms with Crippen LogP contribution in [-0.4, -0.2) is 26.6 Å². The molecule has 0 aliphatic rings. The van der Waals surface area contributed by atoms with E-state index in [2.05, 4.69) is 0 Å². The summed E-state index contributed by atoms with van der Waals surface area (Å²) in [5.41, 5.74) is 0. The summed E-state index contributed by atoms with van der Waals surface area (Å²) in [4.78, 5) is -0.613. The van der Waals surface area contributed by atoms with Crippen LogP contribution in [0.15, 0.2) is 0 Å². The quantitative estimate of drug-likeness (QED) is 0.472. The minimum absolute atomic E-state index is 0.452. The van der Waals surface area contributed by atoms with Crippen molar-refractivity contribution in [2.24, 2.45) is 0 Å². The van der Waals surface area contributed by atoms with Crippen LogP contribution in [0, 0.1) is 0 Å². The highest BCUT2D eigenvalue weighted by Gasteiger charge is 2.18. The predicted molar refractivity (Wildman–Crippen MR) is 41.3 cm³/mol. The monoisotopic (exact) mass is 180 g/mol. The van der Waals surface area contributed by atoms with Gasteiger partial charge < -0.3 is 4.55 Å². The van der Waals surface area contributed by atoms with Crippen molar-refractivity contribution in [2.75, 3.05) is 0 Å². The Hall–Kier alpha value is 0.127. The molecule has 0 aliphatic heterocycles. The molecule has 0 bridgehead atoms. The van der Waals surface area contributed by atoms with Crippen molar-refractivity contribution >= 4 is 18.9 Å². The number of rotatable bonds is 3. The van der Waals surface area contributed by atoms with Crippen molar-refractivity contribution in [3.8, 4) is 0 Å². The van der Waals surface area contributed by atoms with Gasteiger partial charge in [-0.05, 0) is 6.42 Å². The van der Waals surface area contributed by atoms with Gasteiger partial charge in [-0.2, -0.15) is 0 Å². The highest BCUT2D eigenvalue weighted by Crippen LogP contribution is 2.07. The maximum atomic E-state index is 10.5. The van der Waals surface area contributed by atoms with E-state index in [4.69, 9.17) is 0 Å². The Kier molecular flexibility index (Phi) is 3.54. The lowest BCUT2D eigenvalue weighted by molar-refractivity contribution is 0.457. The summed E-state index contributed by atoms with van der Waals surface area (Å²) in [6, 6.07) is 0. The molecular formula is C5H12O3SSi-. The van der Waals surface area contributed by atoms with Gasteiger partial charge in [-0.1, -0.05) is 20.0 Å². The molecule has 0 N–H and O–H groups in total. The predicted octanol–water partition coefficient (Wildman–Crippen LogP) is 0.604. The summed E-state index contributed by atoms with van der Waals surface area (Å²) >= 11 is 0. The molecule has 0 fully saturated rings. The van der Waals surface area contributed by atoms with Crippen molar-refractivity contribution in [3.05, 3.63) is 0 Å². The van der Waals surface area contributed by atoms with E-state index in [1.54, 1.807) is 6.92 Å². The SMILES string of the molecule is CCC([Si](C)C)S(=O)(=O)[O-]. The van der Waals surface area contributed by atoms with Gasteiger partial charge >= 0.3 is 0 Å². The Balaban J connectivity index is 4.38. The molecule has 5 heteroatoms. The minimum Gasteiger partial charge on any atom is -0.748 e. The van der Waals surface area contributed by atoms with Crippen molar-refractivity contribution in [1.82, 2.24) is 0 Å².